The number of aliphatic hydroxyl groups excluding tert-OH is 1. The predicted octanol–water partition coefficient (Wildman–Crippen LogP) is 1.01. The fraction of sp³-hybridized carbons (Fsp3) is 0.667. The molecule has 0 amide bonds. The highest BCUT2D eigenvalue weighted by atomic mass is 32.1. The molecule has 1 aromatic heterocycles. The summed E-state index contributed by atoms with van der Waals surface area (Å²) in [6, 6.07) is 0. The van der Waals surface area contributed by atoms with Crippen LogP contribution in [0.25, 0.3) is 0 Å². The highest BCUT2D eigenvalue weighted by molar-refractivity contribution is 7.13. The predicted molar refractivity (Wildman–Crippen MR) is 56.7 cm³/mol. The van der Waals surface area contributed by atoms with E-state index in [4.69, 9.17) is 9.84 Å². The Labute approximate surface area is 87.9 Å². The van der Waals surface area contributed by atoms with E-state index in [9.17, 15) is 0 Å². The van der Waals surface area contributed by atoms with Crippen molar-refractivity contribution in [2.45, 2.75) is 26.5 Å². The van der Waals surface area contributed by atoms with Crippen LogP contribution in [0.1, 0.15) is 18.7 Å². The van der Waals surface area contributed by atoms with Crippen LogP contribution < -0.4 is 10.1 Å². The molecule has 5 heteroatoms. The van der Waals surface area contributed by atoms with E-state index in [1.165, 1.54) is 11.3 Å². The second-order valence-corrected chi connectivity index (χ2v) is 4.08. The first-order chi connectivity index (χ1) is 6.72. The van der Waals surface area contributed by atoms with E-state index in [1.54, 1.807) is 13.1 Å². The van der Waals surface area contributed by atoms with E-state index in [0.29, 0.717) is 18.3 Å². The molecule has 2 N–H and O–H groups in total. The van der Waals surface area contributed by atoms with Crippen molar-refractivity contribution in [1.29, 1.82) is 0 Å². The molecular formula is C9H16N2O2S. The van der Waals surface area contributed by atoms with Crippen LogP contribution in [-0.4, -0.2) is 29.3 Å². The maximum Gasteiger partial charge on any atom is 0.273 e. The van der Waals surface area contributed by atoms with Gasteiger partial charge >= 0.3 is 0 Å². The first-order valence-electron chi connectivity index (χ1n) is 4.68. The Hall–Kier alpha value is -0.650. The lowest BCUT2D eigenvalue weighted by Gasteiger charge is -2.04. The van der Waals surface area contributed by atoms with Crippen LogP contribution in [0, 0.1) is 0 Å². The topological polar surface area (TPSA) is 54.4 Å². The summed E-state index contributed by atoms with van der Waals surface area (Å²) in [4.78, 5) is 5.22. The summed E-state index contributed by atoms with van der Waals surface area (Å²) in [5, 5.41) is 12.9. The summed E-state index contributed by atoms with van der Waals surface area (Å²) >= 11 is 1.53. The molecule has 1 rings (SSSR count). The third-order valence-corrected chi connectivity index (χ3v) is 2.45. The minimum absolute atomic E-state index is 0.311. The lowest BCUT2D eigenvalue weighted by Crippen LogP contribution is -2.23. The average molecular weight is 216 g/mol. The summed E-state index contributed by atoms with van der Waals surface area (Å²) < 4.78 is 5.24. The molecule has 14 heavy (non-hydrogen) atoms. The normalized spacial score (nSPS) is 12.8. The molecule has 1 aromatic rings. The molecule has 4 nitrogen and oxygen atoms in total. The Morgan fingerprint density at radius 3 is 3.14 bits per heavy atom. The zero-order chi connectivity index (χ0) is 10.4. The summed E-state index contributed by atoms with van der Waals surface area (Å²) in [5.41, 5.74) is 0. The van der Waals surface area contributed by atoms with Crippen molar-refractivity contribution in [3.05, 3.63) is 11.1 Å². The Morgan fingerprint density at radius 2 is 2.50 bits per heavy atom. The fourth-order valence-electron chi connectivity index (χ4n) is 0.966. The number of thiazole rings is 1. The third-order valence-electron chi connectivity index (χ3n) is 1.54. The second-order valence-electron chi connectivity index (χ2n) is 3.01. The lowest BCUT2D eigenvalue weighted by atomic mass is 10.4. The number of nitrogens with zero attached hydrogens (tertiary/aromatic N) is 1. The van der Waals surface area contributed by atoms with Gasteiger partial charge in [0.05, 0.1) is 12.7 Å². The number of aromatic nitrogens is 1. The molecule has 0 radical (unpaired) electrons. The molecule has 0 saturated heterocycles. The van der Waals surface area contributed by atoms with Crippen molar-refractivity contribution >= 4 is 11.3 Å². The molecule has 0 aromatic carbocycles. The Kier molecular flexibility index (Phi) is 4.86. The molecule has 1 atom stereocenters. The molecule has 1 unspecified atom stereocenters. The summed E-state index contributed by atoms with van der Waals surface area (Å²) in [6.07, 6.45) is 1.49. The maximum absolute atomic E-state index is 9.02. The van der Waals surface area contributed by atoms with Crippen LogP contribution in [0.2, 0.25) is 0 Å². The van der Waals surface area contributed by atoms with E-state index in [2.05, 4.69) is 10.3 Å². The SMILES string of the molecule is CCOc1ncc(CNCC(C)O)s1. The quantitative estimate of drug-likeness (QED) is 0.745. The molecule has 0 aliphatic heterocycles. The number of aliphatic hydroxyl groups is 1. The zero-order valence-corrected chi connectivity index (χ0v) is 9.30. The van der Waals surface area contributed by atoms with Crippen LogP contribution in [0.3, 0.4) is 0 Å². The van der Waals surface area contributed by atoms with Gasteiger partial charge in [0.2, 0.25) is 0 Å². The average Bonchev–Trinajstić information content (AvgIpc) is 2.53. The van der Waals surface area contributed by atoms with Gasteiger partial charge in [0.15, 0.2) is 0 Å². The third kappa shape index (κ3) is 4.04. The van der Waals surface area contributed by atoms with Gasteiger partial charge in [-0.05, 0) is 13.8 Å². The summed E-state index contributed by atoms with van der Waals surface area (Å²) in [7, 11) is 0. The Balaban J connectivity index is 2.28. The largest absolute Gasteiger partial charge is 0.470 e. The first kappa shape index (κ1) is 11.4. The van der Waals surface area contributed by atoms with Crippen molar-refractivity contribution in [1.82, 2.24) is 10.3 Å². The van der Waals surface area contributed by atoms with Gasteiger partial charge in [-0.2, -0.15) is 0 Å². The molecule has 0 saturated carbocycles. The minimum Gasteiger partial charge on any atom is -0.470 e. The molecular weight excluding hydrogens is 200 g/mol. The van der Waals surface area contributed by atoms with Crippen molar-refractivity contribution in [2.75, 3.05) is 13.2 Å². The van der Waals surface area contributed by atoms with E-state index in [0.717, 1.165) is 11.4 Å². The van der Waals surface area contributed by atoms with Crippen molar-refractivity contribution < 1.29 is 9.84 Å². The highest BCUT2D eigenvalue weighted by Crippen LogP contribution is 2.19. The Bertz CT molecular complexity index is 263. The number of hydrogen-bond acceptors (Lipinski definition) is 5. The number of nitrogens with one attached hydrogen (secondary N) is 1. The van der Waals surface area contributed by atoms with E-state index >= 15 is 0 Å². The van der Waals surface area contributed by atoms with Crippen molar-refractivity contribution in [2.24, 2.45) is 0 Å². The van der Waals surface area contributed by atoms with Crippen molar-refractivity contribution in [3.63, 3.8) is 0 Å². The molecule has 0 bridgehead atoms. The van der Waals surface area contributed by atoms with E-state index in [1.807, 2.05) is 6.92 Å². The monoisotopic (exact) mass is 216 g/mol. The minimum atomic E-state index is -0.311. The van der Waals surface area contributed by atoms with Gasteiger partial charge in [-0.25, -0.2) is 4.98 Å². The zero-order valence-electron chi connectivity index (χ0n) is 8.49. The molecule has 1 heterocycles. The standard InChI is InChI=1S/C9H16N2O2S/c1-3-13-9-11-6-8(14-9)5-10-4-7(2)12/h6-7,10,12H,3-5H2,1-2H3. The van der Waals surface area contributed by atoms with Crippen molar-refractivity contribution in [3.8, 4) is 5.19 Å². The van der Waals surface area contributed by atoms with Gasteiger partial charge in [0.25, 0.3) is 5.19 Å². The number of ether oxygens (including phenoxy) is 1. The molecule has 0 spiro atoms. The van der Waals surface area contributed by atoms with Gasteiger partial charge in [-0.3, -0.25) is 0 Å². The Morgan fingerprint density at radius 1 is 1.71 bits per heavy atom. The van der Waals surface area contributed by atoms with Crippen LogP contribution in [0.15, 0.2) is 6.20 Å². The molecule has 0 fully saturated rings. The van der Waals surface area contributed by atoms with Crippen LogP contribution in [-0.2, 0) is 6.54 Å². The second kappa shape index (κ2) is 5.95. The number of hydrogen-bond donors (Lipinski definition) is 2. The van der Waals surface area contributed by atoms with Crippen LogP contribution in [0.4, 0.5) is 0 Å². The summed E-state index contributed by atoms with van der Waals surface area (Å²) in [6.45, 7) is 5.67. The van der Waals surface area contributed by atoms with Gasteiger partial charge in [-0.1, -0.05) is 11.3 Å². The van der Waals surface area contributed by atoms with E-state index < -0.39 is 0 Å². The van der Waals surface area contributed by atoms with Gasteiger partial charge in [-0.15, -0.1) is 0 Å². The molecule has 0 aliphatic rings. The summed E-state index contributed by atoms with van der Waals surface area (Å²) in [5.74, 6) is 0. The number of rotatable bonds is 6. The molecule has 80 valence electrons. The maximum atomic E-state index is 9.02. The van der Waals surface area contributed by atoms with Gasteiger partial charge < -0.3 is 15.2 Å². The van der Waals surface area contributed by atoms with Gasteiger partial charge in [0, 0.05) is 24.2 Å². The smallest absolute Gasteiger partial charge is 0.273 e. The van der Waals surface area contributed by atoms with E-state index in [-0.39, 0.29) is 6.10 Å². The lowest BCUT2D eigenvalue weighted by molar-refractivity contribution is 0.191. The first-order valence-corrected chi connectivity index (χ1v) is 5.50. The molecule has 0 aliphatic carbocycles. The highest BCUT2D eigenvalue weighted by Gasteiger charge is 2.02. The van der Waals surface area contributed by atoms with Gasteiger partial charge in [0.1, 0.15) is 0 Å². The van der Waals surface area contributed by atoms with Crippen LogP contribution in [0.5, 0.6) is 5.19 Å². The van der Waals surface area contributed by atoms with Crippen LogP contribution >= 0.6 is 11.3 Å². The fourth-order valence-corrected chi connectivity index (χ4v) is 1.75.